The molecular formula is C59H70N8O9S. The third-order valence-corrected chi connectivity index (χ3v) is 18.3. The van der Waals surface area contributed by atoms with Gasteiger partial charge in [0.25, 0.3) is 21.6 Å². The molecule has 2 saturated heterocycles. The Morgan fingerprint density at radius 2 is 1.68 bits per heavy atom. The standard InChI is InChI=1S/C59H70N8O9S/c1-37(2)46-8-6-7-9-47(46)51-34-64(33-39-24-53(74-4)55(40-10-11-40)54(25-39)75-5)22-23-66(51)43-29-59(30-43)35-65(36-59)42-12-14-48(52(27-42)76-44-26-41-18-21-60-56(41)62-32-44)57(68)63-77(72,73)45-13-15-49(50(28-45)67(70)71)61-31-38-16-19-58(3,69)20-17-38/h6-9,12-15,18,21,24-28,32,37-38,40,43,51,61,69H,10-11,16-17,19-20,22-23,29-31,33-36H2,1-5H3,(H,60,62)(H,63,68)/t38?,51-,58?/m0/s1. The van der Waals surface area contributed by atoms with Crippen molar-refractivity contribution in [1.82, 2.24) is 24.5 Å². The number of nitrogens with zero attached hydrogens (tertiary/aromatic N) is 5. The molecule has 0 bridgehead atoms. The van der Waals surface area contributed by atoms with Crippen molar-refractivity contribution >= 4 is 44.0 Å². The summed E-state index contributed by atoms with van der Waals surface area (Å²) in [5.41, 5.74) is 5.77. The van der Waals surface area contributed by atoms with Gasteiger partial charge in [0.05, 0.1) is 41.4 Å². The molecular weight excluding hydrogens is 997 g/mol. The lowest BCUT2D eigenvalue weighted by molar-refractivity contribution is -0.384. The van der Waals surface area contributed by atoms with Gasteiger partial charge < -0.3 is 34.5 Å². The van der Waals surface area contributed by atoms with Crippen molar-refractivity contribution < 1.29 is 37.5 Å². The number of pyridine rings is 1. The lowest BCUT2D eigenvalue weighted by atomic mass is 9.59. The monoisotopic (exact) mass is 1070 g/mol. The Balaban J connectivity index is 0.789. The molecule has 4 aromatic carbocycles. The first kappa shape index (κ1) is 52.3. The molecule has 18 heteroatoms. The molecule has 0 radical (unpaired) electrons. The fourth-order valence-electron chi connectivity index (χ4n) is 12.6. The van der Waals surface area contributed by atoms with Gasteiger partial charge in [-0.05, 0) is 141 Å². The number of benzene rings is 4. The van der Waals surface area contributed by atoms with Crippen molar-refractivity contribution in [2.75, 3.05) is 63.7 Å². The molecule has 6 aromatic rings. The second-order valence-electron chi connectivity index (χ2n) is 22.9. The largest absolute Gasteiger partial charge is 0.496 e. The summed E-state index contributed by atoms with van der Waals surface area (Å²) < 4.78 is 48.2. The number of nitrogens with one attached hydrogen (secondary N) is 3. The predicted molar refractivity (Wildman–Crippen MR) is 296 cm³/mol. The van der Waals surface area contributed by atoms with Gasteiger partial charge >= 0.3 is 0 Å². The summed E-state index contributed by atoms with van der Waals surface area (Å²) in [6, 6.07) is 26.4. The fraction of sp³-hybridized carbons (Fsp3) is 0.458. The SMILES string of the molecule is COc1cc(CN2CCN(C3CC4(C3)CN(c3ccc(C(=O)NS(=O)(=O)c5ccc(NCC6CCC(C)(O)CC6)c([N+](=O)[O-])c5)c(Oc5cnc6[nH]ccc6c5)c3)C4)[C@H](c3ccccc3C(C)C)C2)cc(OC)c1C1CC1. The summed E-state index contributed by atoms with van der Waals surface area (Å²) in [6.45, 7) is 12.0. The number of sulfonamides is 1. The molecule has 2 aromatic heterocycles. The summed E-state index contributed by atoms with van der Waals surface area (Å²) in [4.78, 5) is 40.5. The van der Waals surface area contributed by atoms with Gasteiger partial charge in [0.1, 0.15) is 34.3 Å². The van der Waals surface area contributed by atoms with E-state index in [0.717, 1.165) is 93.6 Å². The third-order valence-electron chi connectivity index (χ3n) is 17.0. The number of fused-ring (bicyclic) bond motifs is 1. The molecule has 4 N–H and O–H groups in total. The van der Waals surface area contributed by atoms with Gasteiger partial charge in [-0.3, -0.25) is 24.7 Å². The van der Waals surface area contributed by atoms with E-state index in [0.29, 0.717) is 48.7 Å². The van der Waals surface area contributed by atoms with Crippen LogP contribution in [0.25, 0.3) is 11.0 Å². The van der Waals surface area contributed by atoms with Crippen LogP contribution in [0.5, 0.6) is 23.0 Å². The summed E-state index contributed by atoms with van der Waals surface area (Å²) in [5, 5.41) is 26.5. The van der Waals surface area contributed by atoms with Crippen molar-refractivity contribution in [1.29, 1.82) is 0 Å². The van der Waals surface area contributed by atoms with Crippen molar-refractivity contribution in [3.63, 3.8) is 0 Å². The summed E-state index contributed by atoms with van der Waals surface area (Å²) in [7, 11) is -1.08. The highest BCUT2D eigenvalue weighted by Crippen LogP contribution is 2.54. The summed E-state index contributed by atoms with van der Waals surface area (Å²) >= 11 is 0. The van der Waals surface area contributed by atoms with E-state index in [1.165, 1.54) is 53.4 Å². The number of piperazine rings is 1. The summed E-state index contributed by atoms with van der Waals surface area (Å²) in [6.07, 6.45) is 10.5. The second-order valence-corrected chi connectivity index (χ2v) is 24.6. The number of aromatic nitrogens is 2. The molecule has 5 aliphatic rings. The van der Waals surface area contributed by atoms with Crippen LogP contribution in [0.1, 0.15) is 123 Å². The zero-order valence-electron chi connectivity index (χ0n) is 44.6. The van der Waals surface area contributed by atoms with E-state index in [-0.39, 0.29) is 34.4 Å². The highest BCUT2D eigenvalue weighted by molar-refractivity contribution is 7.90. The van der Waals surface area contributed by atoms with Gasteiger partial charge in [-0.25, -0.2) is 18.1 Å². The topological polar surface area (TPSA) is 205 Å². The number of H-pyrrole nitrogens is 1. The minimum Gasteiger partial charge on any atom is -0.496 e. The molecule has 4 heterocycles. The molecule has 77 heavy (non-hydrogen) atoms. The van der Waals surface area contributed by atoms with Crippen LogP contribution in [-0.2, 0) is 16.6 Å². The first-order chi connectivity index (χ1) is 37.0. The highest BCUT2D eigenvalue weighted by Gasteiger charge is 2.55. The van der Waals surface area contributed by atoms with Crippen LogP contribution in [0.15, 0.2) is 102 Å². The zero-order chi connectivity index (χ0) is 53.8. The van der Waals surface area contributed by atoms with Crippen molar-refractivity contribution in [3.8, 4) is 23.0 Å². The van der Waals surface area contributed by atoms with E-state index < -0.39 is 37.0 Å². The molecule has 17 nitrogen and oxygen atoms in total. The van der Waals surface area contributed by atoms with E-state index in [9.17, 15) is 28.4 Å². The molecule has 3 aliphatic carbocycles. The Morgan fingerprint density at radius 1 is 0.935 bits per heavy atom. The summed E-state index contributed by atoms with van der Waals surface area (Å²) in [5.74, 6) is 2.45. The molecule has 1 spiro atoms. The number of aromatic amines is 1. The van der Waals surface area contributed by atoms with Crippen molar-refractivity contribution in [3.05, 3.63) is 135 Å². The van der Waals surface area contributed by atoms with E-state index in [1.54, 1.807) is 38.6 Å². The molecule has 1 amide bonds. The molecule has 5 fully saturated rings. The highest BCUT2D eigenvalue weighted by atomic mass is 32.2. The zero-order valence-corrected chi connectivity index (χ0v) is 45.4. The first-order valence-electron chi connectivity index (χ1n) is 27.1. The number of nitro benzene ring substituents is 1. The van der Waals surface area contributed by atoms with E-state index in [2.05, 4.69) is 85.0 Å². The maximum Gasteiger partial charge on any atom is 0.293 e. The molecule has 1 atom stereocenters. The lowest BCUT2D eigenvalue weighted by Crippen LogP contribution is -2.68. The number of nitro groups is 1. The number of amides is 1. The number of carbonyl (C=O) groups is 1. The van der Waals surface area contributed by atoms with E-state index >= 15 is 0 Å². The van der Waals surface area contributed by atoms with Crippen LogP contribution in [0.2, 0.25) is 0 Å². The Labute approximate surface area is 450 Å². The molecule has 0 unspecified atom stereocenters. The molecule has 3 saturated carbocycles. The number of aliphatic hydroxyl groups is 1. The Morgan fingerprint density at radius 3 is 2.38 bits per heavy atom. The number of carbonyl (C=O) groups excluding carboxylic acids is 1. The van der Waals surface area contributed by atoms with Gasteiger partial charge in [0.15, 0.2) is 0 Å². The maximum absolute atomic E-state index is 14.1. The number of rotatable bonds is 18. The van der Waals surface area contributed by atoms with Gasteiger partial charge in [-0.15, -0.1) is 0 Å². The number of hydrogen-bond donors (Lipinski definition) is 4. The quantitative estimate of drug-likeness (QED) is 0.0467. The number of hydrogen-bond acceptors (Lipinski definition) is 14. The van der Waals surface area contributed by atoms with Crippen LogP contribution >= 0.6 is 0 Å². The van der Waals surface area contributed by atoms with Crippen LogP contribution in [-0.4, -0.2) is 109 Å². The Kier molecular flexibility index (Phi) is 14.2. The third kappa shape index (κ3) is 10.9. The number of ether oxygens (including phenoxy) is 3. The van der Waals surface area contributed by atoms with E-state index in [4.69, 9.17) is 14.2 Å². The minimum atomic E-state index is -4.60. The average Bonchev–Trinajstić information content (AvgIpc) is 4.17. The van der Waals surface area contributed by atoms with Crippen molar-refractivity contribution in [2.45, 2.75) is 113 Å². The maximum atomic E-state index is 14.1. The normalized spacial score (nSPS) is 21.9. The van der Waals surface area contributed by atoms with Gasteiger partial charge in [0, 0.05) is 98.3 Å². The smallest absolute Gasteiger partial charge is 0.293 e. The van der Waals surface area contributed by atoms with Gasteiger partial charge in [-0.2, -0.15) is 0 Å². The molecule has 11 rings (SSSR count). The van der Waals surface area contributed by atoms with Crippen LogP contribution < -0.4 is 29.1 Å². The van der Waals surface area contributed by atoms with Gasteiger partial charge in [0.2, 0.25) is 0 Å². The molecule has 406 valence electrons. The van der Waals surface area contributed by atoms with Crippen LogP contribution in [0.4, 0.5) is 17.1 Å². The fourth-order valence-corrected chi connectivity index (χ4v) is 13.6. The van der Waals surface area contributed by atoms with Crippen LogP contribution in [0, 0.1) is 21.4 Å². The van der Waals surface area contributed by atoms with Crippen LogP contribution in [0.3, 0.4) is 0 Å². The van der Waals surface area contributed by atoms with Gasteiger partial charge in [-0.1, -0.05) is 38.1 Å². The average molecular weight is 1070 g/mol. The lowest BCUT2D eigenvalue weighted by Gasteiger charge is -2.63. The first-order valence-corrected chi connectivity index (χ1v) is 28.6. The number of anilines is 2. The van der Waals surface area contributed by atoms with E-state index in [1.807, 2.05) is 19.1 Å². The number of methoxy groups -OCH3 is 2. The van der Waals surface area contributed by atoms with Crippen molar-refractivity contribution in [2.24, 2.45) is 11.3 Å². The Bertz CT molecular complexity index is 3270. The Hall–Kier alpha value is -6.73. The second kappa shape index (κ2) is 20.9. The molecule has 2 aliphatic heterocycles. The minimum absolute atomic E-state index is 0.0370. The predicted octanol–water partition coefficient (Wildman–Crippen LogP) is 10.3.